The molecule has 0 aliphatic heterocycles. The minimum atomic E-state index is 0.0226. The van der Waals surface area contributed by atoms with Gasteiger partial charge in [-0.15, -0.1) is 0 Å². The summed E-state index contributed by atoms with van der Waals surface area (Å²) in [7, 11) is 0. The number of hydrogen-bond donors (Lipinski definition) is 1. The Bertz CT molecular complexity index is 517. The zero-order chi connectivity index (χ0) is 12.8. The lowest BCUT2D eigenvalue weighted by atomic mass is 10.3. The first-order valence-electron chi connectivity index (χ1n) is 5.86. The zero-order valence-electron chi connectivity index (χ0n) is 10.3. The molecule has 0 aliphatic rings. The molecule has 96 valence electrons. The largest absolute Gasteiger partial charge is 0.474 e. The summed E-state index contributed by atoms with van der Waals surface area (Å²) in [6, 6.07) is 7.67. The first-order valence-corrected chi connectivity index (χ1v) is 5.86. The summed E-state index contributed by atoms with van der Waals surface area (Å²) in [6.45, 7) is 3.03. The number of rotatable bonds is 6. The summed E-state index contributed by atoms with van der Waals surface area (Å²) in [4.78, 5) is 8.83. The summed E-state index contributed by atoms with van der Waals surface area (Å²) >= 11 is 0. The monoisotopic (exact) mass is 248 g/mol. The van der Waals surface area contributed by atoms with Gasteiger partial charge in [0.15, 0.2) is 0 Å². The molecule has 2 aromatic rings. The van der Waals surface area contributed by atoms with Crippen LogP contribution in [-0.2, 0) is 4.74 Å². The number of aromatic nitrogens is 2. The van der Waals surface area contributed by atoms with E-state index in [-0.39, 0.29) is 6.61 Å². The molecule has 0 radical (unpaired) electrons. The van der Waals surface area contributed by atoms with Gasteiger partial charge in [-0.25, -0.2) is 9.97 Å². The van der Waals surface area contributed by atoms with Crippen LogP contribution in [0.5, 0.6) is 5.88 Å². The third kappa shape index (κ3) is 3.15. The Balaban J connectivity index is 2.01. The molecule has 0 amide bonds. The van der Waals surface area contributed by atoms with Crippen molar-refractivity contribution < 1.29 is 14.6 Å². The van der Waals surface area contributed by atoms with Gasteiger partial charge in [-0.1, -0.05) is 12.1 Å². The second-order valence-electron chi connectivity index (χ2n) is 3.79. The Kier molecular flexibility index (Phi) is 4.44. The molecule has 0 saturated heterocycles. The van der Waals surface area contributed by atoms with Gasteiger partial charge in [0.05, 0.1) is 30.9 Å². The number of ether oxygens (including phenoxy) is 2. The topological polar surface area (TPSA) is 64.5 Å². The minimum Gasteiger partial charge on any atom is -0.474 e. The fourth-order valence-electron chi connectivity index (χ4n) is 1.57. The molecule has 0 bridgehead atoms. The summed E-state index contributed by atoms with van der Waals surface area (Å²) in [6.07, 6.45) is 0. The van der Waals surface area contributed by atoms with Crippen LogP contribution in [0.1, 0.15) is 5.69 Å². The summed E-state index contributed by atoms with van der Waals surface area (Å²) in [5.74, 6) is 0.529. The second-order valence-corrected chi connectivity index (χ2v) is 3.79. The minimum absolute atomic E-state index is 0.0226. The Morgan fingerprint density at radius 2 is 1.78 bits per heavy atom. The van der Waals surface area contributed by atoms with E-state index in [0.29, 0.717) is 25.7 Å². The Hall–Kier alpha value is -1.72. The molecule has 1 aromatic heterocycles. The average Bonchev–Trinajstić information content (AvgIpc) is 2.39. The number of benzene rings is 1. The van der Waals surface area contributed by atoms with Gasteiger partial charge < -0.3 is 14.6 Å². The van der Waals surface area contributed by atoms with Crippen LogP contribution >= 0.6 is 0 Å². The van der Waals surface area contributed by atoms with Gasteiger partial charge in [-0.2, -0.15) is 0 Å². The first kappa shape index (κ1) is 12.7. The molecule has 5 heteroatoms. The molecular formula is C13H16N2O3. The molecule has 0 aliphatic carbocycles. The van der Waals surface area contributed by atoms with Crippen molar-refractivity contribution in [1.82, 2.24) is 9.97 Å². The van der Waals surface area contributed by atoms with Gasteiger partial charge in [-0.05, 0) is 19.1 Å². The molecule has 0 unspecified atom stereocenters. The quantitative estimate of drug-likeness (QED) is 0.781. The maximum Gasteiger partial charge on any atom is 0.236 e. The lowest BCUT2D eigenvalue weighted by Crippen LogP contribution is -2.10. The first-order chi connectivity index (χ1) is 8.81. The van der Waals surface area contributed by atoms with Gasteiger partial charge in [0.2, 0.25) is 5.88 Å². The number of para-hydroxylation sites is 2. The van der Waals surface area contributed by atoms with E-state index in [1.807, 2.05) is 31.2 Å². The van der Waals surface area contributed by atoms with Crippen molar-refractivity contribution in [3.63, 3.8) is 0 Å². The van der Waals surface area contributed by atoms with Crippen LogP contribution in [0.15, 0.2) is 24.3 Å². The van der Waals surface area contributed by atoms with Crippen molar-refractivity contribution in [2.75, 3.05) is 26.4 Å². The highest BCUT2D eigenvalue weighted by molar-refractivity contribution is 5.74. The third-order valence-corrected chi connectivity index (χ3v) is 2.40. The molecule has 5 nitrogen and oxygen atoms in total. The number of aliphatic hydroxyl groups is 1. The van der Waals surface area contributed by atoms with Gasteiger partial charge >= 0.3 is 0 Å². The van der Waals surface area contributed by atoms with E-state index < -0.39 is 0 Å². The maximum absolute atomic E-state index is 8.56. The van der Waals surface area contributed by atoms with Crippen LogP contribution in [-0.4, -0.2) is 41.5 Å². The van der Waals surface area contributed by atoms with Crippen molar-refractivity contribution in [2.45, 2.75) is 6.92 Å². The molecule has 2 rings (SSSR count). The van der Waals surface area contributed by atoms with Crippen LogP contribution in [0.25, 0.3) is 11.0 Å². The van der Waals surface area contributed by atoms with Gasteiger partial charge in [0.1, 0.15) is 12.3 Å². The number of hydrogen-bond acceptors (Lipinski definition) is 5. The summed E-state index contributed by atoms with van der Waals surface area (Å²) in [5, 5.41) is 8.56. The lowest BCUT2D eigenvalue weighted by molar-refractivity contribution is 0.0693. The average molecular weight is 248 g/mol. The highest BCUT2D eigenvalue weighted by atomic mass is 16.5. The standard InChI is InChI=1S/C13H16N2O3/c1-10-13(18-9-8-17-7-6-16)15-12-5-3-2-4-11(12)14-10/h2-5,16H,6-9H2,1H3. The van der Waals surface area contributed by atoms with Crippen molar-refractivity contribution in [2.24, 2.45) is 0 Å². The Morgan fingerprint density at radius 3 is 2.50 bits per heavy atom. The normalized spacial score (nSPS) is 10.8. The van der Waals surface area contributed by atoms with E-state index >= 15 is 0 Å². The highest BCUT2D eigenvalue weighted by Gasteiger charge is 2.05. The van der Waals surface area contributed by atoms with Crippen molar-refractivity contribution in [3.05, 3.63) is 30.0 Å². The molecule has 1 heterocycles. The zero-order valence-corrected chi connectivity index (χ0v) is 10.3. The number of nitrogens with zero attached hydrogens (tertiary/aromatic N) is 2. The van der Waals surface area contributed by atoms with E-state index in [2.05, 4.69) is 9.97 Å². The fraction of sp³-hybridized carbons (Fsp3) is 0.385. The predicted molar refractivity (Wildman–Crippen MR) is 67.7 cm³/mol. The van der Waals surface area contributed by atoms with E-state index in [9.17, 15) is 0 Å². The molecule has 0 atom stereocenters. The van der Waals surface area contributed by atoms with E-state index in [4.69, 9.17) is 14.6 Å². The molecule has 0 spiro atoms. The fourth-order valence-corrected chi connectivity index (χ4v) is 1.57. The number of aliphatic hydroxyl groups excluding tert-OH is 1. The van der Waals surface area contributed by atoms with E-state index in [1.54, 1.807) is 0 Å². The van der Waals surface area contributed by atoms with Crippen LogP contribution < -0.4 is 4.74 Å². The van der Waals surface area contributed by atoms with E-state index in [0.717, 1.165) is 16.7 Å². The third-order valence-electron chi connectivity index (χ3n) is 2.40. The van der Waals surface area contributed by atoms with Crippen LogP contribution in [0, 0.1) is 6.92 Å². The summed E-state index contributed by atoms with van der Waals surface area (Å²) in [5.41, 5.74) is 2.43. The Morgan fingerprint density at radius 1 is 1.06 bits per heavy atom. The van der Waals surface area contributed by atoms with Crippen molar-refractivity contribution in [3.8, 4) is 5.88 Å². The Labute approximate surface area is 105 Å². The van der Waals surface area contributed by atoms with Crippen molar-refractivity contribution >= 4 is 11.0 Å². The van der Waals surface area contributed by atoms with Gasteiger partial charge in [0, 0.05) is 0 Å². The molecule has 0 fully saturated rings. The highest BCUT2D eigenvalue weighted by Crippen LogP contribution is 2.17. The van der Waals surface area contributed by atoms with Gasteiger partial charge in [-0.3, -0.25) is 0 Å². The van der Waals surface area contributed by atoms with Gasteiger partial charge in [0.25, 0.3) is 0 Å². The van der Waals surface area contributed by atoms with E-state index in [1.165, 1.54) is 0 Å². The van der Waals surface area contributed by atoms with Crippen molar-refractivity contribution in [1.29, 1.82) is 0 Å². The maximum atomic E-state index is 8.56. The molecule has 0 saturated carbocycles. The molecule has 1 aromatic carbocycles. The lowest BCUT2D eigenvalue weighted by Gasteiger charge is -2.08. The molecule has 1 N–H and O–H groups in total. The molecule has 18 heavy (non-hydrogen) atoms. The van der Waals surface area contributed by atoms with Crippen LogP contribution in [0.4, 0.5) is 0 Å². The summed E-state index contributed by atoms with van der Waals surface area (Å²) < 4.78 is 10.6. The second kappa shape index (κ2) is 6.28. The van der Waals surface area contributed by atoms with Crippen LogP contribution in [0.3, 0.4) is 0 Å². The SMILES string of the molecule is Cc1nc2ccccc2nc1OCCOCCO. The predicted octanol–water partition coefficient (Wildman–Crippen LogP) is 1.33. The molecular weight excluding hydrogens is 232 g/mol. The van der Waals surface area contributed by atoms with Crippen LogP contribution in [0.2, 0.25) is 0 Å². The smallest absolute Gasteiger partial charge is 0.236 e. The number of aryl methyl sites for hydroxylation is 1. The number of fused-ring (bicyclic) bond motifs is 1.